The molecule has 0 bridgehead atoms. The number of nitrogens with zero attached hydrogens (tertiary/aromatic N) is 1. The third-order valence-electron chi connectivity index (χ3n) is 3.94. The maximum absolute atomic E-state index is 8.43. The number of hydrogen-bond donors (Lipinski definition) is 1. The molecule has 1 saturated heterocycles. The molecule has 0 aromatic heterocycles. The molecule has 16 heavy (non-hydrogen) atoms. The fourth-order valence-electron chi connectivity index (χ4n) is 3.08. The Hall–Kier alpha value is -0.570. The van der Waals surface area contributed by atoms with Gasteiger partial charge in [-0.2, -0.15) is 0 Å². The second kappa shape index (κ2) is 5.17. The van der Waals surface area contributed by atoms with E-state index in [9.17, 15) is 0 Å². The van der Waals surface area contributed by atoms with Crippen LogP contribution in [0.25, 0.3) is 0 Å². The normalized spacial score (nSPS) is 24.7. The molecule has 1 N–H and O–H groups in total. The van der Waals surface area contributed by atoms with Crippen LogP contribution in [-0.2, 0) is 4.74 Å². The molecule has 0 amide bonds. The Morgan fingerprint density at radius 2 is 1.75 bits per heavy atom. The van der Waals surface area contributed by atoms with E-state index < -0.39 is 0 Å². The van der Waals surface area contributed by atoms with Gasteiger partial charge in [-0.25, -0.2) is 0 Å². The molecule has 92 valence electrons. The second-order valence-electron chi connectivity index (χ2n) is 5.03. The molecule has 3 nitrogen and oxygen atoms in total. The Morgan fingerprint density at radius 1 is 1.12 bits per heavy atom. The maximum atomic E-state index is 8.43. The SMILES string of the molecule is CCOC1(C(=N)N2CCCCC2)CCCC1. The third-order valence-corrected chi connectivity index (χ3v) is 3.94. The van der Waals surface area contributed by atoms with Crippen LogP contribution in [0.4, 0.5) is 0 Å². The summed E-state index contributed by atoms with van der Waals surface area (Å²) in [5.41, 5.74) is -0.230. The zero-order chi connectivity index (χ0) is 11.4. The van der Waals surface area contributed by atoms with Crippen molar-refractivity contribution in [3.05, 3.63) is 0 Å². The molecule has 0 radical (unpaired) electrons. The lowest BCUT2D eigenvalue weighted by molar-refractivity contribution is 0.00961. The van der Waals surface area contributed by atoms with E-state index in [1.54, 1.807) is 0 Å². The molecule has 2 fully saturated rings. The van der Waals surface area contributed by atoms with Crippen molar-refractivity contribution < 1.29 is 4.74 Å². The topological polar surface area (TPSA) is 36.3 Å². The number of rotatable bonds is 3. The standard InChI is InChI=1S/C13H24N2O/c1-2-16-13(8-4-5-9-13)12(14)15-10-6-3-7-11-15/h14H,2-11H2,1H3. The van der Waals surface area contributed by atoms with Crippen LogP contribution in [0, 0.1) is 5.41 Å². The van der Waals surface area contributed by atoms with E-state index in [0.29, 0.717) is 0 Å². The van der Waals surface area contributed by atoms with Crippen molar-refractivity contribution in [1.29, 1.82) is 5.41 Å². The summed E-state index contributed by atoms with van der Waals surface area (Å²) in [6, 6.07) is 0. The van der Waals surface area contributed by atoms with E-state index in [-0.39, 0.29) is 5.60 Å². The summed E-state index contributed by atoms with van der Waals surface area (Å²) in [4.78, 5) is 2.25. The lowest BCUT2D eigenvalue weighted by atomic mass is 9.97. The van der Waals surface area contributed by atoms with Gasteiger partial charge in [0.1, 0.15) is 11.4 Å². The predicted octanol–water partition coefficient (Wildman–Crippen LogP) is 2.80. The molecule has 1 aliphatic heterocycles. The first-order valence-electron chi connectivity index (χ1n) is 6.76. The summed E-state index contributed by atoms with van der Waals surface area (Å²) >= 11 is 0. The fraction of sp³-hybridized carbons (Fsp3) is 0.923. The largest absolute Gasteiger partial charge is 0.367 e. The Morgan fingerprint density at radius 3 is 2.31 bits per heavy atom. The number of hydrogen-bond acceptors (Lipinski definition) is 2. The van der Waals surface area contributed by atoms with E-state index in [1.807, 2.05) is 6.92 Å². The number of ether oxygens (including phenoxy) is 1. The Labute approximate surface area is 98.7 Å². The molecule has 2 aliphatic rings. The summed E-state index contributed by atoms with van der Waals surface area (Å²) in [5.74, 6) is 0.770. The maximum Gasteiger partial charge on any atom is 0.129 e. The van der Waals surface area contributed by atoms with Gasteiger partial charge in [0.2, 0.25) is 0 Å². The van der Waals surface area contributed by atoms with Crippen molar-refractivity contribution in [3.63, 3.8) is 0 Å². The fourth-order valence-corrected chi connectivity index (χ4v) is 3.08. The smallest absolute Gasteiger partial charge is 0.129 e. The molecule has 0 unspecified atom stereocenters. The average molecular weight is 224 g/mol. The Bertz CT molecular complexity index is 240. The van der Waals surface area contributed by atoms with Gasteiger partial charge in [-0.05, 0) is 51.9 Å². The van der Waals surface area contributed by atoms with Gasteiger partial charge in [0.15, 0.2) is 0 Å². The molecule has 0 spiro atoms. The highest BCUT2D eigenvalue weighted by molar-refractivity contribution is 5.88. The number of piperidine rings is 1. The van der Waals surface area contributed by atoms with Crippen molar-refractivity contribution in [1.82, 2.24) is 4.90 Å². The van der Waals surface area contributed by atoms with Crippen molar-refractivity contribution in [2.45, 2.75) is 57.5 Å². The molecule has 0 aromatic rings. The lowest BCUT2D eigenvalue weighted by Gasteiger charge is -2.38. The molecular formula is C13H24N2O. The van der Waals surface area contributed by atoms with E-state index in [1.165, 1.54) is 32.1 Å². The zero-order valence-corrected chi connectivity index (χ0v) is 10.4. The molecule has 3 heteroatoms. The first-order chi connectivity index (χ1) is 7.78. The lowest BCUT2D eigenvalue weighted by Crippen LogP contribution is -2.50. The van der Waals surface area contributed by atoms with Crippen LogP contribution in [0.2, 0.25) is 0 Å². The first-order valence-corrected chi connectivity index (χ1v) is 6.76. The summed E-state index contributed by atoms with van der Waals surface area (Å²) < 4.78 is 5.94. The van der Waals surface area contributed by atoms with Gasteiger partial charge in [0.25, 0.3) is 0 Å². The van der Waals surface area contributed by atoms with Gasteiger partial charge < -0.3 is 9.64 Å². The molecule has 1 aliphatic carbocycles. The minimum Gasteiger partial charge on any atom is -0.367 e. The highest BCUT2D eigenvalue weighted by Crippen LogP contribution is 2.35. The van der Waals surface area contributed by atoms with Gasteiger partial charge in [-0.15, -0.1) is 0 Å². The first kappa shape index (κ1) is 11.9. The summed E-state index contributed by atoms with van der Waals surface area (Å²) in [6.07, 6.45) is 8.35. The van der Waals surface area contributed by atoms with E-state index in [2.05, 4.69) is 4.90 Å². The van der Waals surface area contributed by atoms with Gasteiger partial charge in [0.05, 0.1) is 0 Å². The van der Waals surface area contributed by atoms with Crippen LogP contribution in [-0.4, -0.2) is 36.0 Å². The van der Waals surface area contributed by atoms with Crippen LogP contribution in [0.1, 0.15) is 51.9 Å². The van der Waals surface area contributed by atoms with Crippen LogP contribution in [0.15, 0.2) is 0 Å². The molecule has 1 saturated carbocycles. The summed E-state index contributed by atoms with van der Waals surface area (Å²) in [7, 11) is 0. The molecule has 1 heterocycles. The van der Waals surface area contributed by atoms with Gasteiger partial charge >= 0.3 is 0 Å². The van der Waals surface area contributed by atoms with Crippen molar-refractivity contribution in [2.24, 2.45) is 0 Å². The second-order valence-corrected chi connectivity index (χ2v) is 5.03. The van der Waals surface area contributed by atoms with Crippen LogP contribution in [0.5, 0.6) is 0 Å². The number of nitrogens with one attached hydrogen (secondary N) is 1. The van der Waals surface area contributed by atoms with E-state index in [0.717, 1.165) is 38.4 Å². The summed E-state index contributed by atoms with van der Waals surface area (Å²) in [6.45, 7) is 4.90. The van der Waals surface area contributed by atoms with E-state index >= 15 is 0 Å². The average Bonchev–Trinajstić information content (AvgIpc) is 2.80. The zero-order valence-electron chi connectivity index (χ0n) is 10.4. The van der Waals surface area contributed by atoms with Crippen molar-refractivity contribution in [3.8, 4) is 0 Å². The third kappa shape index (κ3) is 2.24. The van der Waals surface area contributed by atoms with Gasteiger partial charge in [-0.1, -0.05) is 0 Å². The Kier molecular flexibility index (Phi) is 3.85. The highest BCUT2D eigenvalue weighted by Gasteiger charge is 2.41. The molecular weight excluding hydrogens is 200 g/mol. The van der Waals surface area contributed by atoms with Crippen LogP contribution < -0.4 is 0 Å². The minimum absolute atomic E-state index is 0.230. The quantitative estimate of drug-likeness (QED) is 0.591. The van der Waals surface area contributed by atoms with Crippen LogP contribution in [0.3, 0.4) is 0 Å². The predicted molar refractivity (Wildman–Crippen MR) is 66.0 cm³/mol. The minimum atomic E-state index is -0.230. The molecule has 0 atom stereocenters. The van der Waals surface area contributed by atoms with Crippen molar-refractivity contribution >= 4 is 5.84 Å². The Balaban J connectivity index is 2.04. The summed E-state index contributed by atoms with van der Waals surface area (Å²) in [5, 5.41) is 8.43. The number of amidine groups is 1. The van der Waals surface area contributed by atoms with Gasteiger partial charge in [-0.3, -0.25) is 5.41 Å². The highest BCUT2D eigenvalue weighted by atomic mass is 16.5. The molecule has 2 rings (SSSR count). The van der Waals surface area contributed by atoms with E-state index in [4.69, 9.17) is 10.1 Å². The van der Waals surface area contributed by atoms with Gasteiger partial charge in [0, 0.05) is 19.7 Å². The molecule has 0 aromatic carbocycles. The number of likely N-dealkylation sites (tertiary alicyclic amines) is 1. The van der Waals surface area contributed by atoms with Crippen molar-refractivity contribution in [2.75, 3.05) is 19.7 Å². The monoisotopic (exact) mass is 224 g/mol. The van der Waals surface area contributed by atoms with Crippen LogP contribution >= 0.6 is 0 Å².